The minimum atomic E-state index is 0.0292. The van der Waals surface area contributed by atoms with Crippen molar-refractivity contribution in [2.24, 2.45) is 0 Å². The summed E-state index contributed by atoms with van der Waals surface area (Å²) in [5, 5.41) is 14.4. The summed E-state index contributed by atoms with van der Waals surface area (Å²) in [5.74, 6) is 0.153. The van der Waals surface area contributed by atoms with Crippen molar-refractivity contribution in [2.75, 3.05) is 18.4 Å². The Morgan fingerprint density at radius 2 is 1.64 bits per heavy atom. The number of thiazole rings is 1. The summed E-state index contributed by atoms with van der Waals surface area (Å²) in [4.78, 5) is 19.4. The van der Waals surface area contributed by atoms with Gasteiger partial charge in [0.15, 0.2) is 5.13 Å². The fourth-order valence-electron chi connectivity index (χ4n) is 3.86. The van der Waals surface area contributed by atoms with Crippen molar-refractivity contribution >= 4 is 22.4 Å². The Morgan fingerprint density at radius 1 is 1.04 bits per heavy atom. The second-order valence-corrected chi connectivity index (χ2v) is 8.51. The third-order valence-electron chi connectivity index (χ3n) is 5.38. The summed E-state index contributed by atoms with van der Waals surface area (Å²) in [7, 11) is 0. The van der Waals surface area contributed by atoms with Crippen molar-refractivity contribution in [1.29, 1.82) is 0 Å². The van der Waals surface area contributed by atoms with Crippen molar-refractivity contribution in [2.45, 2.75) is 83.1 Å². The molecule has 6 heteroatoms. The van der Waals surface area contributed by atoms with Crippen LogP contribution < -0.4 is 5.32 Å². The quantitative estimate of drug-likeness (QED) is 0.834. The van der Waals surface area contributed by atoms with Crippen LogP contribution in [0.15, 0.2) is 0 Å². The third-order valence-corrected chi connectivity index (χ3v) is 6.36. The Morgan fingerprint density at radius 3 is 2.32 bits per heavy atom. The normalized spacial score (nSPS) is 20.6. The molecule has 2 N–H and O–H groups in total. The van der Waals surface area contributed by atoms with E-state index >= 15 is 0 Å². The second kappa shape index (κ2) is 9.41. The molecular formula is C19H31N3O2S. The number of hydrogen-bond acceptors (Lipinski definition) is 5. The van der Waals surface area contributed by atoms with Crippen LogP contribution in [-0.4, -0.2) is 40.0 Å². The van der Waals surface area contributed by atoms with Crippen molar-refractivity contribution in [3.05, 3.63) is 4.88 Å². The number of aromatic hydroxyl groups is 1. The largest absolute Gasteiger partial charge is 0.492 e. The number of rotatable bonds is 4. The first kappa shape index (κ1) is 18.5. The van der Waals surface area contributed by atoms with E-state index < -0.39 is 0 Å². The van der Waals surface area contributed by atoms with Crippen LogP contribution in [0.25, 0.3) is 0 Å². The van der Waals surface area contributed by atoms with Gasteiger partial charge in [0, 0.05) is 19.1 Å². The second-order valence-electron chi connectivity index (χ2n) is 7.42. The van der Waals surface area contributed by atoms with Crippen molar-refractivity contribution in [3.63, 3.8) is 0 Å². The first-order valence-corrected chi connectivity index (χ1v) is 10.8. The van der Waals surface area contributed by atoms with Crippen LogP contribution >= 0.6 is 11.3 Å². The maximum Gasteiger partial charge on any atom is 0.228 e. The topological polar surface area (TPSA) is 65.5 Å². The molecule has 0 bridgehead atoms. The molecule has 3 rings (SSSR count). The number of likely N-dealkylation sites (tertiary alicyclic amines) is 1. The molecule has 1 saturated carbocycles. The lowest BCUT2D eigenvalue weighted by Gasteiger charge is -2.20. The van der Waals surface area contributed by atoms with Crippen molar-refractivity contribution in [1.82, 2.24) is 9.88 Å². The Balaban J connectivity index is 1.56. The van der Waals surface area contributed by atoms with E-state index in [0.717, 1.165) is 31.1 Å². The molecular weight excluding hydrogens is 334 g/mol. The Hall–Kier alpha value is -1.30. The van der Waals surface area contributed by atoms with Crippen LogP contribution in [0.3, 0.4) is 0 Å². The Kier molecular flexibility index (Phi) is 6.96. The average Bonchev–Trinajstić information content (AvgIpc) is 2.78. The van der Waals surface area contributed by atoms with E-state index in [-0.39, 0.29) is 18.2 Å². The summed E-state index contributed by atoms with van der Waals surface area (Å²) in [6.45, 7) is 1.71. The monoisotopic (exact) mass is 365 g/mol. The number of nitrogens with zero attached hydrogens (tertiary/aromatic N) is 2. The van der Waals surface area contributed by atoms with Gasteiger partial charge in [-0.3, -0.25) is 4.79 Å². The van der Waals surface area contributed by atoms with Crippen LogP contribution in [0.4, 0.5) is 5.13 Å². The summed E-state index contributed by atoms with van der Waals surface area (Å²) in [6, 6.07) is 0.444. The van der Waals surface area contributed by atoms with E-state index in [1.807, 2.05) is 4.90 Å². The zero-order chi connectivity index (χ0) is 17.5. The minimum absolute atomic E-state index is 0.0292. The van der Waals surface area contributed by atoms with Crippen LogP contribution in [0.5, 0.6) is 5.88 Å². The highest BCUT2D eigenvalue weighted by atomic mass is 32.1. The highest BCUT2D eigenvalue weighted by Gasteiger charge is 2.21. The minimum Gasteiger partial charge on any atom is -0.492 e. The summed E-state index contributed by atoms with van der Waals surface area (Å²) in [5.41, 5.74) is 0. The number of carbonyl (C=O) groups is 1. The number of hydrogen-bond donors (Lipinski definition) is 2. The molecule has 0 spiro atoms. The Bertz CT molecular complexity index is 545. The van der Waals surface area contributed by atoms with Gasteiger partial charge in [0.1, 0.15) is 0 Å². The zero-order valence-corrected chi connectivity index (χ0v) is 16.0. The van der Waals surface area contributed by atoms with Crippen LogP contribution in [0.1, 0.15) is 75.5 Å². The molecule has 1 aliphatic carbocycles. The van der Waals surface area contributed by atoms with E-state index in [2.05, 4.69) is 10.3 Å². The fourth-order valence-corrected chi connectivity index (χ4v) is 4.79. The maximum atomic E-state index is 12.5. The molecule has 0 unspecified atom stereocenters. The van der Waals surface area contributed by atoms with Gasteiger partial charge in [-0.2, -0.15) is 4.98 Å². The van der Waals surface area contributed by atoms with E-state index in [0.29, 0.717) is 10.9 Å². The number of anilines is 1. The van der Waals surface area contributed by atoms with Gasteiger partial charge in [-0.25, -0.2) is 0 Å². The molecule has 2 fully saturated rings. The number of carbonyl (C=O) groups excluding carboxylic acids is 1. The molecule has 0 atom stereocenters. The van der Waals surface area contributed by atoms with Gasteiger partial charge >= 0.3 is 0 Å². The van der Waals surface area contributed by atoms with Gasteiger partial charge in [-0.05, 0) is 25.7 Å². The third kappa shape index (κ3) is 5.59. The van der Waals surface area contributed by atoms with Crippen LogP contribution in [-0.2, 0) is 11.2 Å². The SMILES string of the molecule is O=C(Cc1sc(NC2CCCCCCC2)nc1O)N1CCCCCC1. The lowest BCUT2D eigenvalue weighted by Crippen LogP contribution is -2.32. The van der Waals surface area contributed by atoms with Crippen LogP contribution in [0, 0.1) is 0 Å². The lowest BCUT2D eigenvalue weighted by molar-refractivity contribution is -0.130. The molecule has 140 valence electrons. The molecule has 0 aromatic carbocycles. The smallest absolute Gasteiger partial charge is 0.228 e. The lowest BCUT2D eigenvalue weighted by atomic mass is 9.97. The standard InChI is InChI=1S/C19H31N3O2S/c23-17(22-12-8-4-5-9-13-22)14-16-18(24)21-19(25-16)20-15-10-6-2-1-3-7-11-15/h15,24H,1-14H2,(H,20,21). The van der Waals surface area contributed by atoms with Gasteiger partial charge in [0.25, 0.3) is 0 Å². The summed E-state index contributed by atoms with van der Waals surface area (Å²) in [6.07, 6.45) is 13.7. The summed E-state index contributed by atoms with van der Waals surface area (Å²) >= 11 is 1.44. The highest BCUT2D eigenvalue weighted by Crippen LogP contribution is 2.31. The van der Waals surface area contributed by atoms with Gasteiger partial charge in [-0.1, -0.05) is 56.3 Å². The molecule has 0 radical (unpaired) electrons. The first-order valence-electron chi connectivity index (χ1n) is 9.95. The van der Waals surface area contributed by atoms with E-state index in [4.69, 9.17) is 0 Å². The molecule has 1 aromatic heterocycles. The molecule has 25 heavy (non-hydrogen) atoms. The van der Waals surface area contributed by atoms with Gasteiger partial charge in [0.05, 0.1) is 11.3 Å². The van der Waals surface area contributed by atoms with Crippen LogP contribution in [0.2, 0.25) is 0 Å². The fraction of sp³-hybridized carbons (Fsp3) is 0.789. The van der Waals surface area contributed by atoms with E-state index in [1.165, 1.54) is 69.1 Å². The number of aromatic nitrogens is 1. The molecule has 1 aliphatic heterocycles. The van der Waals surface area contributed by atoms with E-state index in [9.17, 15) is 9.90 Å². The molecule has 1 saturated heterocycles. The maximum absolute atomic E-state index is 12.5. The first-order chi connectivity index (χ1) is 12.2. The molecule has 2 heterocycles. The van der Waals surface area contributed by atoms with Gasteiger partial charge in [-0.15, -0.1) is 0 Å². The van der Waals surface area contributed by atoms with Gasteiger partial charge in [0.2, 0.25) is 11.8 Å². The Labute approximate surface area is 154 Å². The average molecular weight is 366 g/mol. The van der Waals surface area contributed by atoms with E-state index in [1.54, 1.807) is 0 Å². The number of nitrogens with one attached hydrogen (secondary N) is 1. The molecule has 2 aliphatic rings. The molecule has 5 nitrogen and oxygen atoms in total. The predicted molar refractivity (Wildman–Crippen MR) is 102 cm³/mol. The van der Waals surface area contributed by atoms with Crippen molar-refractivity contribution in [3.8, 4) is 5.88 Å². The van der Waals surface area contributed by atoms with Crippen molar-refractivity contribution < 1.29 is 9.90 Å². The number of amides is 1. The van der Waals surface area contributed by atoms with Gasteiger partial charge < -0.3 is 15.3 Å². The molecule has 1 aromatic rings. The zero-order valence-electron chi connectivity index (χ0n) is 15.1. The summed E-state index contributed by atoms with van der Waals surface area (Å²) < 4.78 is 0. The predicted octanol–water partition coefficient (Wildman–Crippen LogP) is 4.32. The highest BCUT2D eigenvalue weighted by molar-refractivity contribution is 7.16. The molecule has 1 amide bonds.